The molecule has 6 heteroatoms. The summed E-state index contributed by atoms with van der Waals surface area (Å²) in [7, 11) is 0. The number of nitrogens with zero attached hydrogens (tertiary/aromatic N) is 2. The van der Waals surface area contributed by atoms with Crippen LogP contribution in [-0.4, -0.2) is 67.0 Å². The monoisotopic (exact) mass is 252 g/mol. The van der Waals surface area contributed by atoms with Gasteiger partial charge in [-0.25, -0.2) is 4.79 Å². The van der Waals surface area contributed by atoms with E-state index >= 15 is 0 Å². The van der Waals surface area contributed by atoms with Crippen LogP contribution in [0.1, 0.15) is 12.8 Å². The number of fused-ring (bicyclic) bond motifs is 1. The van der Waals surface area contributed by atoms with E-state index < -0.39 is 0 Å². The van der Waals surface area contributed by atoms with E-state index in [1.807, 2.05) is 0 Å². The van der Waals surface area contributed by atoms with Crippen LogP contribution in [-0.2, 0) is 4.79 Å². The molecule has 3 rings (SSSR count). The standard InChI is InChI=1S/C12H20N4O2/c17-11-8-14-12(18)16(11)5-4-15-3-1-2-9-6-13-7-10(9)15/h9-10,13H,1-8H2,(H,14,18). The molecule has 3 saturated heterocycles. The molecular formula is C12H20N4O2. The van der Waals surface area contributed by atoms with E-state index in [0.29, 0.717) is 12.6 Å². The quantitative estimate of drug-likeness (QED) is 0.647. The van der Waals surface area contributed by atoms with Crippen LogP contribution in [0.2, 0.25) is 0 Å². The molecule has 0 bridgehead atoms. The predicted molar refractivity (Wildman–Crippen MR) is 66.1 cm³/mol. The van der Waals surface area contributed by atoms with Crippen molar-refractivity contribution in [2.24, 2.45) is 5.92 Å². The van der Waals surface area contributed by atoms with Crippen LogP contribution in [0, 0.1) is 5.92 Å². The predicted octanol–water partition coefficient (Wildman–Crippen LogP) is -0.778. The van der Waals surface area contributed by atoms with E-state index in [4.69, 9.17) is 0 Å². The van der Waals surface area contributed by atoms with Crippen LogP contribution in [0.4, 0.5) is 4.79 Å². The number of hydrogen-bond donors (Lipinski definition) is 2. The van der Waals surface area contributed by atoms with Gasteiger partial charge in [0, 0.05) is 25.7 Å². The van der Waals surface area contributed by atoms with Gasteiger partial charge in [0.25, 0.3) is 0 Å². The molecule has 100 valence electrons. The third kappa shape index (κ3) is 2.10. The van der Waals surface area contributed by atoms with Gasteiger partial charge >= 0.3 is 6.03 Å². The smallest absolute Gasteiger partial charge is 0.324 e. The Bertz CT molecular complexity index is 344. The Morgan fingerprint density at radius 3 is 2.89 bits per heavy atom. The van der Waals surface area contributed by atoms with Gasteiger partial charge in [-0.05, 0) is 31.8 Å². The molecule has 3 amide bonds. The summed E-state index contributed by atoms with van der Waals surface area (Å²) in [5.74, 6) is 0.653. The third-order valence-corrected chi connectivity index (χ3v) is 4.34. The lowest BCUT2D eigenvalue weighted by Gasteiger charge is -2.37. The number of imide groups is 1. The molecule has 2 atom stereocenters. The minimum Gasteiger partial charge on any atom is -0.329 e. The van der Waals surface area contributed by atoms with E-state index in [9.17, 15) is 9.59 Å². The zero-order valence-electron chi connectivity index (χ0n) is 10.5. The maximum absolute atomic E-state index is 11.5. The summed E-state index contributed by atoms with van der Waals surface area (Å²) in [5, 5.41) is 6.00. The molecule has 6 nitrogen and oxygen atoms in total. The van der Waals surface area contributed by atoms with Gasteiger partial charge in [0.1, 0.15) is 0 Å². The van der Waals surface area contributed by atoms with Crippen LogP contribution < -0.4 is 10.6 Å². The van der Waals surface area contributed by atoms with Gasteiger partial charge < -0.3 is 10.6 Å². The van der Waals surface area contributed by atoms with E-state index in [1.165, 1.54) is 17.7 Å². The molecule has 0 radical (unpaired) electrons. The highest BCUT2D eigenvalue weighted by molar-refractivity contribution is 6.01. The van der Waals surface area contributed by atoms with Gasteiger partial charge in [-0.15, -0.1) is 0 Å². The lowest BCUT2D eigenvalue weighted by Crippen LogP contribution is -2.48. The van der Waals surface area contributed by atoms with Crippen LogP contribution in [0.5, 0.6) is 0 Å². The number of piperidine rings is 1. The topological polar surface area (TPSA) is 64.7 Å². The molecule has 3 heterocycles. The Balaban J connectivity index is 1.56. The van der Waals surface area contributed by atoms with Crippen molar-refractivity contribution in [3.63, 3.8) is 0 Å². The van der Waals surface area contributed by atoms with Crippen molar-refractivity contribution in [1.82, 2.24) is 20.4 Å². The van der Waals surface area contributed by atoms with Gasteiger partial charge in [0.15, 0.2) is 0 Å². The summed E-state index contributed by atoms with van der Waals surface area (Å²) >= 11 is 0. The fourth-order valence-electron chi connectivity index (χ4n) is 3.35. The molecule has 0 saturated carbocycles. The fourth-order valence-corrected chi connectivity index (χ4v) is 3.35. The normalized spacial score (nSPS) is 32.8. The number of urea groups is 1. The summed E-state index contributed by atoms with van der Waals surface area (Å²) in [6.45, 7) is 4.74. The minimum atomic E-state index is -0.238. The van der Waals surface area contributed by atoms with Gasteiger partial charge in [-0.1, -0.05) is 0 Å². The number of likely N-dealkylation sites (tertiary alicyclic amines) is 1. The summed E-state index contributed by atoms with van der Waals surface area (Å²) in [6, 6.07) is 0.359. The summed E-state index contributed by atoms with van der Waals surface area (Å²) in [4.78, 5) is 26.7. The highest BCUT2D eigenvalue weighted by Crippen LogP contribution is 2.26. The summed E-state index contributed by atoms with van der Waals surface area (Å²) in [5.41, 5.74) is 0. The number of hydrogen-bond acceptors (Lipinski definition) is 4. The molecule has 3 aliphatic heterocycles. The van der Waals surface area contributed by atoms with Crippen LogP contribution in [0.15, 0.2) is 0 Å². The SMILES string of the molecule is O=C1CNC(=O)N1CCN1CCCC2CNCC21. The first kappa shape index (κ1) is 11.9. The molecule has 0 aliphatic carbocycles. The minimum absolute atomic E-state index is 0.0990. The van der Waals surface area contributed by atoms with Gasteiger partial charge in [-0.2, -0.15) is 0 Å². The lowest BCUT2D eigenvalue weighted by atomic mass is 9.92. The second-order valence-electron chi connectivity index (χ2n) is 5.37. The van der Waals surface area contributed by atoms with E-state index in [-0.39, 0.29) is 18.5 Å². The molecule has 0 aromatic heterocycles. The first-order chi connectivity index (χ1) is 8.75. The maximum atomic E-state index is 11.5. The molecule has 0 aromatic carbocycles. The zero-order valence-corrected chi connectivity index (χ0v) is 10.5. The highest BCUT2D eigenvalue weighted by Gasteiger charge is 2.36. The molecular weight excluding hydrogens is 232 g/mol. The second kappa shape index (κ2) is 4.85. The van der Waals surface area contributed by atoms with Crippen molar-refractivity contribution < 1.29 is 9.59 Å². The molecule has 0 aromatic rings. The van der Waals surface area contributed by atoms with E-state index in [1.54, 1.807) is 0 Å². The summed E-state index contributed by atoms with van der Waals surface area (Å²) < 4.78 is 0. The van der Waals surface area contributed by atoms with Crippen molar-refractivity contribution in [2.75, 3.05) is 39.3 Å². The van der Waals surface area contributed by atoms with Gasteiger partial charge in [-0.3, -0.25) is 14.6 Å². The van der Waals surface area contributed by atoms with Crippen molar-refractivity contribution in [2.45, 2.75) is 18.9 Å². The lowest BCUT2D eigenvalue weighted by molar-refractivity contribution is -0.125. The average Bonchev–Trinajstić information content (AvgIpc) is 2.95. The third-order valence-electron chi connectivity index (χ3n) is 4.34. The van der Waals surface area contributed by atoms with Crippen molar-refractivity contribution >= 4 is 11.9 Å². The number of nitrogens with one attached hydrogen (secondary N) is 2. The van der Waals surface area contributed by atoms with E-state index in [2.05, 4.69) is 15.5 Å². The number of rotatable bonds is 3. The Labute approximate surface area is 107 Å². The van der Waals surface area contributed by atoms with E-state index in [0.717, 1.165) is 32.1 Å². The second-order valence-corrected chi connectivity index (χ2v) is 5.37. The maximum Gasteiger partial charge on any atom is 0.324 e. The number of carbonyl (C=O) groups is 2. The molecule has 3 fully saturated rings. The molecule has 0 spiro atoms. The average molecular weight is 252 g/mol. The number of carbonyl (C=O) groups excluding carboxylic acids is 2. The zero-order chi connectivity index (χ0) is 12.5. The fraction of sp³-hybridized carbons (Fsp3) is 0.833. The number of amides is 3. The highest BCUT2D eigenvalue weighted by atomic mass is 16.2. The summed E-state index contributed by atoms with van der Waals surface area (Å²) in [6.07, 6.45) is 2.53. The Morgan fingerprint density at radius 1 is 1.22 bits per heavy atom. The van der Waals surface area contributed by atoms with Crippen molar-refractivity contribution in [3.05, 3.63) is 0 Å². The van der Waals surface area contributed by atoms with Crippen molar-refractivity contribution in [3.8, 4) is 0 Å². The van der Waals surface area contributed by atoms with Crippen LogP contribution >= 0.6 is 0 Å². The van der Waals surface area contributed by atoms with Gasteiger partial charge in [0.05, 0.1) is 6.54 Å². The van der Waals surface area contributed by atoms with Crippen molar-refractivity contribution in [1.29, 1.82) is 0 Å². The van der Waals surface area contributed by atoms with Crippen LogP contribution in [0.3, 0.4) is 0 Å². The molecule has 2 N–H and O–H groups in total. The largest absolute Gasteiger partial charge is 0.329 e. The first-order valence-corrected chi connectivity index (χ1v) is 6.78. The molecule has 18 heavy (non-hydrogen) atoms. The first-order valence-electron chi connectivity index (χ1n) is 6.78. The molecule has 2 unspecified atom stereocenters. The van der Waals surface area contributed by atoms with Gasteiger partial charge in [0.2, 0.25) is 5.91 Å². The Morgan fingerprint density at radius 2 is 2.11 bits per heavy atom. The molecule has 3 aliphatic rings. The van der Waals surface area contributed by atoms with Crippen LogP contribution in [0.25, 0.3) is 0 Å². The Kier molecular flexibility index (Phi) is 3.22. The Hall–Kier alpha value is -1.14.